The van der Waals surface area contributed by atoms with Crippen molar-refractivity contribution in [2.45, 2.75) is 44.8 Å². The summed E-state index contributed by atoms with van der Waals surface area (Å²) >= 11 is 0. The summed E-state index contributed by atoms with van der Waals surface area (Å²) < 4.78 is 32.9. The molecule has 0 unspecified atom stereocenters. The lowest BCUT2D eigenvalue weighted by atomic mass is 10.0. The molecule has 3 nitrogen and oxygen atoms in total. The average Bonchev–Trinajstić information content (AvgIpc) is 2.82. The Kier molecular flexibility index (Phi) is 4.94. The second-order valence-corrected chi connectivity index (χ2v) is 5.39. The zero-order chi connectivity index (χ0) is 14.6. The fourth-order valence-corrected chi connectivity index (χ4v) is 2.51. The molecule has 1 aliphatic rings. The van der Waals surface area contributed by atoms with Crippen LogP contribution in [0.2, 0.25) is 0 Å². The lowest BCUT2D eigenvalue weighted by Crippen LogP contribution is -2.32. The molecule has 1 aromatic rings. The minimum atomic E-state index is -0.943. The van der Waals surface area contributed by atoms with Crippen LogP contribution in [0.3, 0.4) is 0 Å². The molecule has 0 aliphatic heterocycles. The Morgan fingerprint density at radius 3 is 2.40 bits per heavy atom. The molecule has 0 heterocycles. The topological polar surface area (TPSA) is 41.5 Å². The maximum atomic E-state index is 13.9. The van der Waals surface area contributed by atoms with Gasteiger partial charge in [-0.05, 0) is 37.1 Å². The van der Waals surface area contributed by atoms with Crippen molar-refractivity contribution in [2.75, 3.05) is 13.2 Å². The summed E-state index contributed by atoms with van der Waals surface area (Å²) in [6, 6.07) is 2.53. The van der Waals surface area contributed by atoms with Crippen molar-refractivity contribution in [3.63, 3.8) is 0 Å². The quantitative estimate of drug-likeness (QED) is 0.844. The van der Waals surface area contributed by atoms with Gasteiger partial charge in [-0.2, -0.15) is 0 Å². The number of halogens is 2. The Labute approximate surface area is 117 Å². The van der Waals surface area contributed by atoms with Crippen molar-refractivity contribution in [1.29, 1.82) is 0 Å². The van der Waals surface area contributed by atoms with E-state index in [4.69, 9.17) is 4.74 Å². The van der Waals surface area contributed by atoms with Crippen LogP contribution in [-0.2, 0) is 6.54 Å². The highest BCUT2D eigenvalue weighted by atomic mass is 19.1. The van der Waals surface area contributed by atoms with E-state index < -0.39 is 23.0 Å². The summed E-state index contributed by atoms with van der Waals surface area (Å²) in [4.78, 5) is 0. The highest BCUT2D eigenvalue weighted by Gasteiger charge is 2.32. The van der Waals surface area contributed by atoms with Gasteiger partial charge in [0, 0.05) is 6.54 Å². The van der Waals surface area contributed by atoms with Crippen LogP contribution in [0.4, 0.5) is 8.78 Å². The summed E-state index contributed by atoms with van der Waals surface area (Å²) in [5.41, 5.74) is -0.407. The van der Waals surface area contributed by atoms with Gasteiger partial charge in [0.1, 0.15) is 6.61 Å². The first-order valence-electron chi connectivity index (χ1n) is 7.08. The van der Waals surface area contributed by atoms with Crippen LogP contribution >= 0.6 is 0 Å². The minimum absolute atomic E-state index is 0.0621. The van der Waals surface area contributed by atoms with Crippen molar-refractivity contribution >= 4 is 0 Å². The third-order valence-electron chi connectivity index (χ3n) is 3.66. The molecule has 1 fully saturated rings. The molecule has 0 radical (unpaired) electrons. The molecule has 1 aliphatic carbocycles. The average molecular weight is 285 g/mol. The molecule has 0 aromatic heterocycles. The van der Waals surface area contributed by atoms with Crippen LogP contribution in [0, 0.1) is 11.6 Å². The smallest absolute Gasteiger partial charge is 0.190 e. The number of aliphatic hydroxyl groups is 1. The van der Waals surface area contributed by atoms with Crippen molar-refractivity contribution in [3.8, 4) is 5.75 Å². The molecular formula is C15H21F2NO2. The van der Waals surface area contributed by atoms with E-state index in [1.165, 1.54) is 12.1 Å². The molecule has 0 amide bonds. The predicted octanol–water partition coefficient (Wildman–Crippen LogP) is 2.76. The van der Waals surface area contributed by atoms with Gasteiger partial charge in [0.25, 0.3) is 0 Å². The van der Waals surface area contributed by atoms with E-state index in [-0.39, 0.29) is 6.61 Å². The SMILES string of the molecule is CCNCc1cc(F)c(OCC2(O)CCCC2)c(F)c1. The van der Waals surface area contributed by atoms with Gasteiger partial charge in [-0.15, -0.1) is 0 Å². The lowest BCUT2D eigenvalue weighted by molar-refractivity contribution is -0.000844. The van der Waals surface area contributed by atoms with Crippen molar-refractivity contribution in [1.82, 2.24) is 5.32 Å². The largest absolute Gasteiger partial charge is 0.485 e. The first-order valence-corrected chi connectivity index (χ1v) is 7.08. The Balaban J connectivity index is 2.04. The predicted molar refractivity (Wildman–Crippen MR) is 72.7 cm³/mol. The van der Waals surface area contributed by atoms with E-state index >= 15 is 0 Å². The van der Waals surface area contributed by atoms with Gasteiger partial charge in [-0.1, -0.05) is 19.8 Å². The van der Waals surface area contributed by atoms with Crippen LogP contribution in [0.15, 0.2) is 12.1 Å². The van der Waals surface area contributed by atoms with Crippen molar-refractivity contribution < 1.29 is 18.6 Å². The fraction of sp³-hybridized carbons (Fsp3) is 0.600. The first kappa shape index (κ1) is 15.2. The van der Waals surface area contributed by atoms with E-state index in [9.17, 15) is 13.9 Å². The Hall–Kier alpha value is -1.20. The van der Waals surface area contributed by atoms with Crippen LogP contribution in [0.1, 0.15) is 38.2 Å². The van der Waals surface area contributed by atoms with Crippen LogP contribution in [-0.4, -0.2) is 23.9 Å². The summed E-state index contributed by atoms with van der Waals surface area (Å²) in [6.45, 7) is 3.00. The summed E-state index contributed by atoms with van der Waals surface area (Å²) in [7, 11) is 0. The second-order valence-electron chi connectivity index (χ2n) is 5.39. The summed E-state index contributed by atoms with van der Waals surface area (Å²) in [5, 5.41) is 13.1. The number of rotatable bonds is 6. The molecule has 0 atom stereocenters. The van der Waals surface area contributed by atoms with E-state index in [0.717, 1.165) is 19.4 Å². The molecule has 0 spiro atoms. The van der Waals surface area contributed by atoms with Gasteiger partial charge < -0.3 is 15.2 Å². The molecule has 0 saturated heterocycles. The monoisotopic (exact) mass is 285 g/mol. The molecule has 5 heteroatoms. The number of hydrogen-bond donors (Lipinski definition) is 2. The van der Waals surface area contributed by atoms with E-state index in [1.54, 1.807) is 0 Å². The van der Waals surface area contributed by atoms with E-state index in [1.807, 2.05) is 6.92 Å². The summed E-state index contributed by atoms with van der Waals surface area (Å²) in [5.74, 6) is -1.84. The minimum Gasteiger partial charge on any atom is -0.485 e. The molecule has 2 rings (SSSR count). The molecule has 20 heavy (non-hydrogen) atoms. The highest BCUT2D eigenvalue weighted by Crippen LogP contribution is 2.31. The van der Waals surface area contributed by atoms with E-state index in [2.05, 4.69) is 5.32 Å². The Bertz CT molecular complexity index is 436. The lowest BCUT2D eigenvalue weighted by Gasteiger charge is -2.22. The van der Waals surface area contributed by atoms with Gasteiger partial charge in [0.15, 0.2) is 17.4 Å². The zero-order valence-electron chi connectivity index (χ0n) is 11.7. The van der Waals surface area contributed by atoms with Gasteiger partial charge in [-0.3, -0.25) is 0 Å². The molecule has 0 bridgehead atoms. The zero-order valence-corrected chi connectivity index (χ0v) is 11.7. The molecular weight excluding hydrogens is 264 g/mol. The van der Waals surface area contributed by atoms with Gasteiger partial charge in [0.2, 0.25) is 0 Å². The van der Waals surface area contributed by atoms with Gasteiger partial charge >= 0.3 is 0 Å². The first-order chi connectivity index (χ1) is 9.54. The number of benzene rings is 1. The third-order valence-corrected chi connectivity index (χ3v) is 3.66. The number of nitrogens with one attached hydrogen (secondary N) is 1. The van der Waals surface area contributed by atoms with Gasteiger partial charge in [0.05, 0.1) is 5.60 Å². The molecule has 112 valence electrons. The van der Waals surface area contributed by atoms with Crippen LogP contribution < -0.4 is 10.1 Å². The van der Waals surface area contributed by atoms with Crippen LogP contribution in [0.5, 0.6) is 5.75 Å². The number of hydrogen-bond acceptors (Lipinski definition) is 3. The summed E-state index contributed by atoms with van der Waals surface area (Å²) in [6.07, 6.45) is 3.09. The number of ether oxygens (including phenoxy) is 1. The fourth-order valence-electron chi connectivity index (χ4n) is 2.51. The molecule has 2 N–H and O–H groups in total. The normalized spacial score (nSPS) is 17.4. The van der Waals surface area contributed by atoms with Crippen molar-refractivity contribution in [2.24, 2.45) is 0 Å². The second kappa shape index (κ2) is 6.50. The Morgan fingerprint density at radius 2 is 1.85 bits per heavy atom. The standard InChI is InChI=1S/C15H21F2NO2/c1-2-18-9-11-7-12(16)14(13(17)8-11)20-10-15(19)5-3-4-6-15/h7-8,18-19H,2-6,9-10H2,1H3. The van der Waals surface area contributed by atoms with E-state index in [0.29, 0.717) is 24.9 Å². The van der Waals surface area contributed by atoms with Crippen LogP contribution in [0.25, 0.3) is 0 Å². The third kappa shape index (κ3) is 3.67. The maximum absolute atomic E-state index is 13.9. The van der Waals surface area contributed by atoms with Gasteiger partial charge in [-0.25, -0.2) is 8.78 Å². The molecule has 1 aromatic carbocycles. The van der Waals surface area contributed by atoms with Crippen molar-refractivity contribution in [3.05, 3.63) is 29.3 Å². The Morgan fingerprint density at radius 1 is 1.25 bits per heavy atom. The maximum Gasteiger partial charge on any atom is 0.190 e. The molecule has 1 saturated carbocycles. The highest BCUT2D eigenvalue weighted by molar-refractivity contribution is 5.31.